The van der Waals surface area contributed by atoms with E-state index in [1.807, 2.05) is 0 Å². The third-order valence-electron chi connectivity index (χ3n) is 3.21. The minimum absolute atomic E-state index is 0.0329. The first-order valence-electron chi connectivity index (χ1n) is 5.93. The number of thioether (sulfide) groups is 1. The molecule has 0 saturated heterocycles. The van der Waals surface area contributed by atoms with Gasteiger partial charge in [-0.25, -0.2) is 9.18 Å². The number of aryl methyl sites for hydroxylation is 1. The Morgan fingerprint density at radius 2 is 2.35 bits per heavy atom. The van der Waals surface area contributed by atoms with Crippen molar-refractivity contribution in [2.45, 2.75) is 18.4 Å². The molecule has 0 fully saturated rings. The zero-order chi connectivity index (χ0) is 14.4. The molecule has 0 unspecified atom stereocenters. The van der Waals surface area contributed by atoms with Crippen molar-refractivity contribution in [3.8, 4) is 5.75 Å². The Kier molecular flexibility index (Phi) is 2.93. The van der Waals surface area contributed by atoms with E-state index in [1.54, 1.807) is 6.92 Å². The summed E-state index contributed by atoms with van der Waals surface area (Å²) >= 11 is 1.22. The lowest BCUT2D eigenvalue weighted by atomic mass is 10.1. The highest BCUT2D eigenvalue weighted by Crippen LogP contribution is 2.41. The maximum Gasteiger partial charge on any atom is 0.341 e. The van der Waals surface area contributed by atoms with Gasteiger partial charge in [0.1, 0.15) is 17.3 Å². The number of nitrogens with zero attached hydrogens (tertiary/aromatic N) is 1. The van der Waals surface area contributed by atoms with E-state index in [9.17, 15) is 14.0 Å². The van der Waals surface area contributed by atoms with Crippen LogP contribution in [0.5, 0.6) is 5.75 Å². The van der Waals surface area contributed by atoms with Crippen molar-refractivity contribution in [2.75, 3.05) is 5.94 Å². The first-order valence-corrected chi connectivity index (χ1v) is 6.91. The van der Waals surface area contributed by atoms with Gasteiger partial charge in [-0.2, -0.15) is 0 Å². The quantitative estimate of drug-likeness (QED) is 0.920. The smallest absolute Gasteiger partial charge is 0.341 e. The van der Waals surface area contributed by atoms with Crippen molar-refractivity contribution in [3.05, 3.63) is 33.9 Å². The van der Waals surface area contributed by atoms with Crippen LogP contribution in [-0.4, -0.2) is 21.6 Å². The van der Waals surface area contributed by atoms with Gasteiger partial charge in [0.05, 0.1) is 15.8 Å². The number of carboxylic acids is 1. The molecule has 0 bridgehead atoms. The second kappa shape index (κ2) is 4.52. The first kappa shape index (κ1) is 13.0. The Morgan fingerprint density at radius 3 is 3.00 bits per heavy atom. The molecule has 0 saturated carbocycles. The number of carboxylic acid groups (broad SMARTS) is 1. The Labute approximate surface area is 117 Å². The summed E-state index contributed by atoms with van der Waals surface area (Å²) in [6.07, 6.45) is 1.18. The zero-order valence-electron chi connectivity index (χ0n) is 10.5. The third-order valence-corrected chi connectivity index (χ3v) is 4.12. The average Bonchev–Trinajstić information content (AvgIpc) is 2.88. The fraction of sp³-hybridized carbons (Fsp3) is 0.231. The van der Waals surface area contributed by atoms with Crippen LogP contribution >= 0.6 is 11.8 Å². The molecule has 2 aromatic rings. The summed E-state index contributed by atoms with van der Waals surface area (Å²) < 4.78 is 21.2. The molecular weight excluding hydrogens is 285 g/mol. The molecular formula is C13H10FNO4S. The lowest BCUT2D eigenvalue weighted by Gasteiger charge is -2.12. The van der Waals surface area contributed by atoms with Crippen molar-refractivity contribution in [3.63, 3.8) is 0 Å². The highest BCUT2D eigenvalue weighted by atomic mass is 32.2. The van der Waals surface area contributed by atoms with Crippen molar-refractivity contribution in [1.82, 2.24) is 4.57 Å². The summed E-state index contributed by atoms with van der Waals surface area (Å²) in [5.74, 6) is -1.28. The number of carbonyl (C=O) groups is 1. The second-order valence-corrected chi connectivity index (χ2v) is 5.22. The SMILES string of the molecule is CCn1cc(C(=O)O)c(=O)c2cc3c(c(F)c21)SCO3. The maximum atomic E-state index is 14.5. The number of fused-ring (bicyclic) bond motifs is 2. The number of hydrogen-bond acceptors (Lipinski definition) is 4. The molecule has 7 heteroatoms. The number of pyridine rings is 1. The van der Waals surface area contributed by atoms with Gasteiger partial charge < -0.3 is 14.4 Å². The minimum Gasteiger partial charge on any atom is -0.481 e. The topological polar surface area (TPSA) is 68.5 Å². The summed E-state index contributed by atoms with van der Waals surface area (Å²) in [4.78, 5) is 23.6. The van der Waals surface area contributed by atoms with Crippen LogP contribution in [0, 0.1) is 5.82 Å². The molecule has 3 rings (SSSR count). The molecule has 20 heavy (non-hydrogen) atoms. The third kappa shape index (κ3) is 1.70. The van der Waals surface area contributed by atoms with E-state index in [4.69, 9.17) is 9.84 Å². The largest absolute Gasteiger partial charge is 0.481 e. The molecule has 1 aliphatic heterocycles. The summed E-state index contributed by atoms with van der Waals surface area (Å²) in [5.41, 5.74) is -0.942. The van der Waals surface area contributed by atoms with Crippen LogP contribution < -0.4 is 10.2 Å². The highest BCUT2D eigenvalue weighted by molar-refractivity contribution is 7.99. The average molecular weight is 295 g/mol. The van der Waals surface area contributed by atoms with Gasteiger partial charge in [0, 0.05) is 12.7 Å². The summed E-state index contributed by atoms with van der Waals surface area (Å²) in [6.45, 7) is 2.12. The molecule has 104 valence electrons. The number of halogens is 1. The van der Waals surface area contributed by atoms with Crippen LogP contribution in [0.15, 0.2) is 22.0 Å². The lowest BCUT2D eigenvalue weighted by Crippen LogP contribution is -2.19. The predicted octanol–water partition coefficient (Wildman–Crippen LogP) is 2.30. The number of hydrogen-bond donors (Lipinski definition) is 1. The predicted molar refractivity (Wildman–Crippen MR) is 72.2 cm³/mol. The summed E-state index contributed by atoms with van der Waals surface area (Å²) in [7, 11) is 0. The van der Waals surface area contributed by atoms with E-state index >= 15 is 0 Å². The number of aromatic nitrogens is 1. The van der Waals surface area contributed by atoms with Crippen molar-refractivity contribution in [2.24, 2.45) is 0 Å². The van der Waals surface area contributed by atoms with Crippen LogP contribution in [-0.2, 0) is 6.54 Å². The molecule has 1 aliphatic rings. The molecule has 2 heterocycles. The van der Waals surface area contributed by atoms with E-state index < -0.39 is 17.2 Å². The first-order chi connectivity index (χ1) is 9.54. The van der Waals surface area contributed by atoms with Crippen LogP contribution in [0.25, 0.3) is 10.9 Å². The maximum absolute atomic E-state index is 14.5. The molecule has 0 aliphatic carbocycles. The van der Waals surface area contributed by atoms with E-state index in [1.165, 1.54) is 28.6 Å². The number of benzene rings is 1. The Bertz CT molecular complexity index is 799. The van der Waals surface area contributed by atoms with Gasteiger partial charge in [0.2, 0.25) is 5.43 Å². The van der Waals surface area contributed by atoms with E-state index in [0.29, 0.717) is 17.2 Å². The Morgan fingerprint density at radius 1 is 1.60 bits per heavy atom. The van der Waals surface area contributed by atoms with Gasteiger partial charge in [-0.3, -0.25) is 4.79 Å². The van der Waals surface area contributed by atoms with Crippen LogP contribution in [0.3, 0.4) is 0 Å². The van der Waals surface area contributed by atoms with Gasteiger partial charge in [0.15, 0.2) is 5.82 Å². The summed E-state index contributed by atoms with van der Waals surface area (Å²) in [6, 6.07) is 1.43. The highest BCUT2D eigenvalue weighted by Gasteiger charge is 2.25. The van der Waals surface area contributed by atoms with Gasteiger partial charge in [0.25, 0.3) is 0 Å². The molecule has 0 radical (unpaired) electrons. The standard InChI is InChI=1S/C13H10FNO4S/c1-2-15-4-7(13(17)18)11(16)6-3-8-12(20-5-19-8)9(14)10(6)15/h3-4H,2,5H2,1H3,(H,17,18). The van der Waals surface area contributed by atoms with E-state index in [2.05, 4.69) is 0 Å². The molecule has 1 aromatic heterocycles. The normalized spacial score (nSPS) is 13.3. The van der Waals surface area contributed by atoms with E-state index in [-0.39, 0.29) is 22.4 Å². The fourth-order valence-electron chi connectivity index (χ4n) is 2.27. The van der Waals surface area contributed by atoms with Gasteiger partial charge in [-0.05, 0) is 13.0 Å². The molecule has 0 amide bonds. The number of rotatable bonds is 2. The molecule has 1 aromatic carbocycles. The Hall–Kier alpha value is -2.02. The lowest BCUT2D eigenvalue weighted by molar-refractivity contribution is 0.0695. The second-order valence-electron chi connectivity index (χ2n) is 4.28. The molecule has 0 atom stereocenters. The Balaban J connectivity index is 2.51. The van der Waals surface area contributed by atoms with Gasteiger partial charge in [-0.1, -0.05) is 11.8 Å². The van der Waals surface area contributed by atoms with Crippen molar-refractivity contribution >= 4 is 28.6 Å². The van der Waals surface area contributed by atoms with Crippen LogP contribution in [0.1, 0.15) is 17.3 Å². The molecule has 5 nitrogen and oxygen atoms in total. The number of aromatic carboxylic acids is 1. The summed E-state index contributed by atoms with van der Waals surface area (Å²) in [5, 5.41) is 9.10. The molecule has 1 N–H and O–H groups in total. The van der Waals surface area contributed by atoms with E-state index in [0.717, 1.165) is 0 Å². The van der Waals surface area contributed by atoms with Crippen LogP contribution in [0.2, 0.25) is 0 Å². The van der Waals surface area contributed by atoms with Gasteiger partial charge >= 0.3 is 5.97 Å². The van der Waals surface area contributed by atoms with Crippen molar-refractivity contribution in [1.29, 1.82) is 0 Å². The number of ether oxygens (including phenoxy) is 1. The van der Waals surface area contributed by atoms with Crippen molar-refractivity contribution < 1.29 is 19.0 Å². The molecule has 0 spiro atoms. The fourth-order valence-corrected chi connectivity index (χ4v) is 3.06. The monoisotopic (exact) mass is 295 g/mol. The minimum atomic E-state index is -1.32. The van der Waals surface area contributed by atoms with Crippen LogP contribution in [0.4, 0.5) is 4.39 Å². The zero-order valence-corrected chi connectivity index (χ0v) is 11.3. The van der Waals surface area contributed by atoms with Gasteiger partial charge in [-0.15, -0.1) is 0 Å².